The minimum Gasteiger partial charge on any atom is -0.396 e. The number of nitrogens with one attached hydrogen (secondary N) is 1. The SMILES string of the molecule is Nc1cc(F)cc(C(=O)c2c[nH]c3c(Cl)cccc23)c1F. The molecular weight excluding hydrogens is 298 g/mol. The second kappa shape index (κ2) is 4.86. The van der Waals surface area contributed by atoms with Crippen molar-refractivity contribution < 1.29 is 13.6 Å². The Hall–Kier alpha value is -2.40. The number of aromatic nitrogens is 1. The molecular formula is C15H9ClF2N2O. The molecule has 0 spiro atoms. The van der Waals surface area contributed by atoms with Gasteiger partial charge in [0.05, 0.1) is 21.8 Å². The van der Waals surface area contributed by atoms with Crippen LogP contribution >= 0.6 is 11.6 Å². The lowest BCUT2D eigenvalue weighted by atomic mass is 10.0. The molecule has 0 unspecified atom stereocenters. The number of fused-ring (bicyclic) bond motifs is 1. The predicted molar refractivity (Wildman–Crippen MR) is 77.5 cm³/mol. The molecule has 3 aromatic rings. The van der Waals surface area contributed by atoms with Crippen LogP contribution in [0.15, 0.2) is 36.5 Å². The average molecular weight is 307 g/mol. The first-order valence-corrected chi connectivity index (χ1v) is 6.41. The van der Waals surface area contributed by atoms with Crippen LogP contribution in [0, 0.1) is 11.6 Å². The number of anilines is 1. The van der Waals surface area contributed by atoms with Crippen molar-refractivity contribution in [3.63, 3.8) is 0 Å². The third-order valence-electron chi connectivity index (χ3n) is 3.22. The van der Waals surface area contributed by atoms with Crippen LogP contribution in [0.1, 0.15) is 15.9 Å². The van der Waals surface area contributed by atoms with E-state index in [0.717, 1.165) is 12.1 Å². The molecule has 106 valence electrons. The molecule has 6 heteroatoms. The van der Waals surface area contributed by atoms with Crippen LogP contribution in [0.4, 0.5) is 14.5 Å². The van der Waals surface area contributed by atoms with Crippen LogP contribution in [0.5, 0.6) is 0 Å². The summed E-state index contributed by atoms with van der Waals surface area (Å²) >= 11 is 6.01. The first-order valence-electron chi connectivity index (χ1n) is 6.04. The molecule has 0 atom stereocenters. The number of carbonyl (C=O) groups is 1. The van der Waals surface area contributed by atoms with E-state index in [4.69, 9.17) is 17.3 Å². The lowest BCUT2D eigenvalue weighted by Crippen LogP contribution is -2.07. The van der Waals surface area contributed by atoms with Crippen molar-refractivity contribution in [2.45, 2.75) is 0 Å². The minimum absolute atomic E-state index is 0.205. The second-order valence-electron chi connectivity index (χ2n) is 4.55. The van der Waals surface area contributed by atoms with E-state index < -0.39 is 28.7 Å². The number of H-pyrrole nitrogens is 1. The third-order valence-corrected chi connectivity index (χ3v) is 3.53. The summed E-state index contributed by atoms with van der Waals surface area (Å²) in [4.78, 5) is 15.3. The van der Waals surface area contributed by atoms with Crippen LogP contribution < -0.4 is 5.73 Å². The summed E-state index contributed by atoms with van der Waals surface area (Å²) in [5.41, 5.74) is 5.31. The van der Waals surface area contributed by atoms with Crippen molar-refractivity contribution in [1.29, 1.82) is 0 Å². The largest absolute Gasteiger partial charge is 0.396 e. The molecule has 0 radical (unpaired) electrons. The molecule has 0 bridgehead atoms. The summed E-state index contributed by atoms with van der Waals surface area (Å²) in [6.07, 6.45) is 1.42. The Kier molecular flexibility index (Phi) is 3.14. The number of nitrogens with two attached hydrogens (primary N) is 1. The molecule has 0 aliphatic heterocycles. The van der Waals surface area contributed by atoms with E-state index in [-0.39, 0.29) is 5.56 Å². The fourth-order valence-corrected chi connectivity index (χ4v) is 2.45. The van der Waals surface area contributed by atoms with Gasteiger partial charge in [0.15, 0.2) is 11.6 Å². The maximum absolute atomic E-state index is 14.0. The number of nitrogen functional groups attached to an aromatic ring is 1. The predicted octanol–water partition coefficient (Wildman–Crippen LogP) is 3.91. The van der Waals surface area contributed by atoms with Gasteiger partial charge in [-0.25, -0.2) is 8.78 Å². The van der Waals surface area contributed by atoms with E-state index >= 15 is 0 Å². The van der Waals surface area contributed by atoms with E-state index in [2.05, 4.69) is 4.98 Å². The van der Waals surface area contributed by atoms with Gasteiger partial charge in [-0.3, -0.25) is 4.79 Å². The molecule has 3 N–H and O–H groups in total. The fraction of sp³-hybridized carbons (Fsp3) is 0. The highest BCUT2D eigenvalue weighted by Gasteiger charge is 2.21. The van der Waals surface area contributed by atoms with Gasteiger partial charge in [-0.2, -0.15) is 0 Å². The molecule has 0 aliphatic rings. The normalized spacial score (nSPS) is 11.0. The Morgan fingerprint density at radius 3 is 2.71 bits per heavy atom. The summed E-state index contributed by atoms with van der Waals surface area (Å²) in [6, 6.07) is 6.67. The van der Waals surface area contributed by atoms with Crippen molar-refractivity contribution in [2.75, 3.05) is 5.73 Å². The number of hydrogen-bond acceptors (Lipinski definition) is 2. The first kappa shape index (κ1) is 13.6. The van der Waals surface area contributed by atoms with Crippen molar-refractivity contribution in [1.82, 2.24) is 4.98 Å². The number of ketones is 1. The Balaban J connectivity index is 2.20. The number of hydrogen-bond donors (Lipinski definition) is 2. The first-order chi connectivity index (χ1) is 9.99. The highest BCUT2D eigenvalue weighted by molar-refractivity contribution is 6.35. The van der Waals surface area contributed by atoms with Gasteiger partial charge in [0, 0.05) is 17.1 Å². The summed E-state index contributed by atoms with van der Waals surface area (Å²) in [5.74, 6) is -2.36. The second-order valence-corrected chi connectivity index (χ2v) is 4.96. The maximum Gasteiger partial charge on any atom is 0.198 e. The van der Waals surface area contributed by atoms with Crippen LogP contribution in [0.25, 0.3) is 10.9 Å². The van der Waals surface area contributed by atoms with Gasteiger partial charge < -0.3 is 10.7 Å². The number of carbonyl (C=O) groups excluding carboxylic acids is 1. The fourth-order valence-electron chi connectivity index (χ4n) is 2.23. The molecule has 1 heterocycles. The van der Waals surface area contributed by atoms with Gasteiger partial charge >= 0.3 is 0 Å². The highest BCUT2D eigenvalue weighted by atomic mass is 35.5. The molecule has 3 rings (SSSR count). The molecule has 0 saturated heterocycles. The van der Waals surface area contributed by atoms with Crippen LogP contribution in [0.2, 0.25) is 5.02 Å². The Bertz CT molecular complexity index is 873. The zero-order chi connectivity index (χ0) is 15.1. The van der Waals surface area contributed by atoms with Crippen LogP contribution in [-0.4, -0.2) is 10.8 Å². The number of rotatable bonds is 2. The van der Waals surface area contributed by atoms with Crippen molar-refractivity contribution in [3.05, 3.63) is 64.3 Å². The lowest BCUT2D eigenvalue weighted by Gasteiger charge is -2.05. The van der Waals surface area contributed by atoms with Crippen molar-refractivity contribution in [3.8, 4) is 0 Å². The molecule has 0 aliphatic carbocycles. The monoisotopic (exact) mass is 306 g/mol. The summed E-state index contributed by atoms with van der Waals surface area (Å²) in [7, 11) is 0. The standard InChI is InChI=1S/C15H9ClF2N2O/c16-11-3-1-2-8-10(6-20-14(8)11)15(21)9-4-7(17)5-12(19)13(9)18/h1-6,20H,19H2. The molecule has 2 aromatic carbocycles. The highest BCUT2D eigenvalue weighted by Crippen LogP contribution is 2.28. The number of para-hydroxylation sites is 1. The van der Waals surface area contributed by atoms with Crippen LogP contribution in [0.3, 0.4) is 0 Å². The average Bonchev–Trinajstić information content (AvgIpc) is 2.87. The quantitative estimate of drug-likeness (QED) is 0.557. The smallest absolute Gasteiger partial charge is 0.198 e. The van der Waals surface area contributed by atoms with Gasteiger partial charge in [0.25, 0.3) is 0 Å². The number of aromatic amines is 1. The lowest BCUT2D eigenvalue weighted by molar-refractivity contribution is 0.103. The topological polar surface area (TPSA) is 58.9 Å². The Labute approximate surface area is 123 Å². The molecule has 0 amide bonds. The molecule has 1 aromatic heterocycles. The van der Waals surface area contributed by atoms with Crippen LogP contribution in [-0.2, 0) is 0 Å². The van der Waals surface area contributed by atoms with Gasteiger partial charge in [0.1, 0.15) is 5.82 Å². The van der Waals surface area contributed by atoms with E-state index in [9.17, 15) is 13.6 Å². The molecule has 0 saturated carbocycles. The van der Waals surface area contributed by atoms with E-state index in [0.29, 0.717) is 15.9 Å². The van der Waals surface area contributed by atoms with Crippen molar-refractivity contribution >= 4 is 34.0 Å². The molecule has 21 heavy (non-hydrogen) atoms. The molecule has 3 nitrogen and oxygen atoms in total. The van der Waals surface area contributed by atoms with Crippen molar-refractivity contribution in [2.24, 2.45) is 0 Å². The zero-order valence-corrected chi connectivity index (χ0v) is 11.3. The van der Waals surface area contributed by atoms with Gasteiger partial charge in [-0.05, 0) is 18.2 Å². The minimum atomic E-state index is -0.933. The Morgan fingerprint density at radius 2 is 1.95 bits per heavy atom. The summed E-state index contributed by atoms with van der Waals surface area (Å²) in [5, 5.41) is 0.973. The summed E-state index contributed by atoms with van der Waals surface area (Å²) < 4.78 is 27.3. The van der Waals surface area contributed by atoms with E-state index in [1.807, 2.05) is 0 Å². The third kappa shape index (κ3) is 2.15. The van der Waals surface area contributed by atoms with E-state index in [1.54, 1.807) is 18.2 Å². The number of benzene rings is 2. The summed E-state index contributed by atoms with van der Waals surface area (Å²) in [6.45, 7) is 0. The van der Waals surface area contributed by atoms with Gasteiger partial charge in [0.2, 0.25) is 0 Å². The van der Waals surface area contributed by atoms with E-state index in [1.165, 1.54) is 6.20 Å². The number of halogens is 3. The molecule has 0 fully saturated rings. The van der Waals surface area contributed by atoms with Gasteiger partial charge in [-0.15, -0.1) is 0 Å². The zero-order valence-electron chi connectivity index (χ0n) is 10.6. The van der Waals surface area contributed by atoms with Gasteiger partial charge in [-0.1, -0.05) is 23.7 Å². The maximum atomic E-state index is 14.0. The Morgan fingerprint density at radius 1 is 1.19 bits per heavy atom.